The third kappa shape index (κ3) is 4.79. The van der Waals surface area contributed by atoms with Gasteiger partial charge in [-0.1, -0.05) is 0 Å². The third-order valence-electron chi connectivity index (χ3n) is 5.96. The number of carbonyl (C=O) groups is 1. The first-order valence-electron chi connectivity index (χ1n) is 10.6. The molecule has 1 amide bonds. The summed E-state index contributed by atoms with van der Waals surface area (Å²) in [6.07, 6.45) is 5.63. The summed E-state index contributed by atoms with van der Waals surface area (Å²) in [6, 6.07) is 5.63. The molecule has 158 valence electrons. The van der Waals surface area contributed by atoms with E-state index < -0.39 is 0 Å². The van der Waals surface area contributed by atoms with Crippen molar-refractivity contribution in [3.8, 4) is 0 Å². The number of imidazole rings is 1. The van der Waals surface area contributed by atoms with Gasteiger partial charge in [-0.3, -0.25) is 4.79 Å². The van der Waals surface area contributed by atoms with Crippen molar-refractivity contribution in [1.82, 2.24) is 14.9 Å². The number of nitrogens with zero attached hydrogens (tertiary/aromatic N) is 2. The van der Waals surface area contributed by atoms with E-state index in [1.165, 1.54) is 0 Å². The Bertz CT molecular complexity index is 826. The van der Waals surface area contributed by atoms with Crippen molar-refractivity contribution >= 4 is 16.9 Å². The predicted octanol–water partition coefficient (Wildman–Crippen LogP) is 3.16. The van der Waals surface area contributed by atoms with E-state index in [-0.39, 0.29) is 23.7 Å². The van der Waals surface area contributed by atoms with Gasteiger partial charge in [0.25, 0.3) is 5.91 Å². The number of aromatic amines is 1. The Balaban J connectivity index is 1.30. The normalized spacial score (nSPS) is 21.9. The smallest absolute Gasteiger partial charge is 0.253 e. The number of aromatic nitrogens is 2. The number of benzene rings is 1. The molecule has 7 nitrogen and oxygen atoms in total. The molecule has 1 aromatic heterocycles. The largest absolute Gasteiger partial charge is 0.376 e. The Labute approximate surface area is 171 Å². The molecule has 29 heavy (non-hydrogen) atoms. The molecule has 2 saturated heterocycles. The van der Waals surface area contributed by atoms with E-state index in [1.54, 1.807) is 6.33 Å². The molecular formula is C22H31N3O4. The van der Waals surface area contributed by atoms with Gasteiger partial charge in [-0.15, -0.1) is 0 Å². The van der Waals surface area contributed by atoms with Crippen LogP contribution in [0.3, 0.4) is 0 Å². The summed E-state index contributed by atoms with van der Waals surface area (Å²) in [4.78, 5) is 22.2. The van der Waals surface area contributed by atoms with Gasteiger partial charge in [0.15, 0.2) is 0 Å². The molecule has 0 radical (unpaired) electrons. The SMILES string of the molecule is CC(C)OCCOC1CCOC2(CCN(C(=O)c3ccc4nc[nH]c4c3)CC2)C1. The van der Waals surface area contributed by atoms with E-state index in [9.17, 15) is 4.79 Å². The van der Waals surface area contributed by atoms with Crippen LogP contribution in [0, 0.1) is 0 Å². The molecule has 3 heterocycles. The van der Waals surface area contributed by atoms with E-state index in [4.69, 9.17) is 14.2 Å². The maximum Gasteiger partial charge on any atom is 0.253 e. The summed E-state index contributed by atoms with van der Waals surface area (Å²) in [6.45, 7) is 7.47. The predicted molar refractivity (Wildman–Crippen MR) is 110 cm³/mol. The number of carbonyl (C=O) groups excluding carboxylic acids is 1. The Morgan fingerprint density at radius 1 is 1.34 bits per heavy atom. The van der Waals surface area contributed by atoms with Gasteiger partial charge in [0.05, 0.1) is 48.4 Å². The molecular weight excluding hydrogens is 370 g/mol. The Hall–Kier alpha value is -1.96. The molecule has 1 atom stereocenters. The fourth-order valence-electron chi connectivity index (χ4n) is 4.34. The third-order valence-corrected chi connectivity index (χ3v) is 5.96. The van der Waals surface area contributed by atoms with Crippen LogP contribution in [-0.2, 0) is 14.2 Å². The second kappa shape index (κ2) is 8.81. The Kier molecular flexibility index (Phi) is 6.18. The molecule has 0 bridgehead atoms. The molecule has 0 saturated carbocycles. The molecule has 1 N–H and O–H groups in total. The molecule has 2 aromatic rings. The minimum absolute atomic E-state index is 0.0748. The zero-order chi connectivity index (χ0) is 20.3. The zero-order valence-corrected chi connectivity index (χ0v) is 17.4. The standard InChI is InChI=1S/C22H31N3O4/c1-16(2)27-11-12-28-18-5-10-29-22(14-18)6-8-25(9-7-22)21(26)17-3-4-19-20(13-17)24-15-23-19/h3-4,13,15-16,18H,5-12,14H2,1-2H3,(H,23,24). The molecule has 0 aliphatic carbocycles. The number of piperidine rings is 1. The number of hydrogen-bond donors (Lipinski definition) is 1. The first kappa shape index (κ1) is 20.3. The summed E-state index contributed by atoms with van der Waals surface area (Å²) in [5, 5.41) is 0. The van der Waals surface area contributed by atoms with Crippen molar-refractivity contribution in [3.63, 3.8) is 0 Å². The van der Waals surface area contributed by atoms with Gasteiger partial charge in [-0.05, 0) is 51.3 Å². The summed E-state index contributed by atoms with van der Waals surface area (Å²) in [7, 11) is 0. The van der Waals surface area contributed by atoms with Crippen molar-refractivity contribution in [1.29, 1.82) is 0 Å². The minimum Gasteiger partial charge on any atom is -0.376 e. The van der Waals surface area contributed by atoms with Gasteiger partial charge in [0, 0.05) is 31.7 Å². The Morgan fingerprint density at radius 2 is 2.17 bits per heavy atom. The number of hydrogen-bond acceptors (Lipinski definition) is 5. The van der Waals surface area contributed by atoms with Gasteiger partial charge in [0.1, 0.15) is 0 Å². The van der Waals surface area contributed by atoms with Crippen molar-refractivity contribution in [3.05, 3.63) is 30.1 Å². The quantitative estimate of drug-likeness (QED) is 0.753. The highest BCUT2D eigenvalue weighted by Crippen LogP contribution is 2.36. The fourth-order valence-corrected chi connectivity index (χ4v) is 4.34. The number of nitrogens with one attached hydrogen (secondary N) is 1. The van der Waals surface area contributed by atoms with Gasteiger partial charge in [-0.2, -0.15) is 0 Å². The maximum absolute atomic E-state index is 12.9. The summed E-state index contributed by atoms with van der Waals surface area (Å²) in [5.41, 5.74) is 2.31. The van der Waals surface area contributed by atoms with E-state index in [0.29, 0.717) is 31.9 Å². The highest BCUT2D eigenvalue weighted by atomic mass is 16.5. The number of amides is 1. The second-order valence-electron chi connectivity index (χ2n) is 8.36. The molecule has 2 aliphatic heterocycles. The number of rotatable bonds is 6. The fraction of sp³-hybridized carbons (Fsp3) is 0.636. The highest BCUT2D eigenvalue weighted by Gasteiger charge is 2.41. The molecule has 7 heteroatoms. The van der Waals surface area contributed by atoms with Crippen LogP contribution in [0.4, 0.5) is 0 Å². The van der Waals surface area contributed by atoms with Gasteiger partial charge >= 0.3 is 0 Å². The van der Waals surface area contributed by atoms with Crippen LogP contribution in [0.25, 0.3) is 11.0 Å². The first-order chi connectivity index (χ1) is 14.0. The lowest BCUT2D eigenvalue weighted by Crippen LogP contribution is -2.52. The summed E-state index contributed by atoms with van der Waals surface area (Å²) >= 11 is 0. The van der Waals surface area contributed by atoms with Crippen LogP contribution in [-0.4, -0.2) is 71.5 Å². The number of H-pyrrole nitrogens is 1. The van der Waals surface area contributed by atoms with Gasteiger partial charge in [-0.25, -0.2) is 4.98 Å². The van der Waals surface area contributed by atoms with Crippen LogP contribution in [0.15, 0.2) is 24.5 Å². The maximum atomic E-state index is 12.9. The van der Waals surface area contributed by atoms with Crippen LogP contribution < -0.4 is 0 Å². The van der Waals surface area contributed by atoms with Crippen LogP contribution in [0.1, 0.15) is 49.9 Å². The van der Waals surface area contributed by atoms with Crippen molar-refractivity contribution in [2.24, 2.45) is 0 Å². The topological polar surface area (TPSA) is 76.7 Å². The molecule has 1 aromatic carbocycles. The van der Waals surface area contributed by atoms with Crippen molar-refractivity contribution < 1.29 is 19.0 Å². The lowest BCUT2D eigenvalue weighted by Gasteiger charge is -2.46. The highest BCUT2D eigenvalue weighted by molar-refractivity contribution is 5.97. The van der Waals surface area contributed by atoms with Crippen LogP contribution in [0.2, 0.25) is 0 Å². The van der Waals surface area contributed by atoms with E-state index in [1.807, 2.05) is 36.9 Å². The van der Waals surface area contributed by atoms with Gasteiger partial charge < -0.3 is 24.1 Å². The molecule has 4 rings (SSSR count). The number of fused-ring (bicyclic) bond motifs is 1. The lowest BCUT2D eigenvalue weighted by molar-refractivity contribution is -0.156. The number of likely N-dealkylation sites (tertiary alicyclic amines) is 1. The van der Waals surface area contributed by atoms with E-state index in [0.717, 1.165) is 43.3 Å². The first-order valence-corrected chi connectivity index (χ1v) is 10.6. The monoisotopic (exact) mass is 401 g/mol. The van der Waals surface area contributed by atoms with Crippen molar-refractivity contribution in [2.75, 3.05) is 32.9 Å². The average molecular weight is 402 g/mol. The molecule has 2 aliphatic rings. The van der Waals surface area contributed by atoms with E-state index >= 15 is 0 Å². The van der Waals surface area contributed by atoms with E-state index in [2.05, 4.69) is 9.97 Å². The zero-order valence-electron chi connectivity index (χ0n) is 17.4. The molecule has 2 fully saturated rings. The molecule has 1 spiro atoms. The minimum atomic E-state index is -0.161. The summed E-state index contributed by atoms with van der Waals surface area (Å²) in [5.74, 6) is 0.0748. The number of ether oxygens (including phenoxy) is 3. The van der Waals surface area contributed by atoms with Crippen LogP contribution >= 0.6 is 0 Å². The van der Waals surface area contributed by atoms with Gasteiger partial charge in [0.2, 0.25) is 0 Å². The average Bonchev–Trinajstić information content (AvgIpc) is 3.19. The Morgan fingerprint density at radius 3 is 2.97 bits per heavy atom. The summed E-state index contributed by atoms with van der Waals surface area (Å²) < 4.78 is 17.8. The van der Waals surface area contributed by atoms with Crippen molar-refractivity contribution in [2.45, 2.75) is 57.3 Å². The van der Waals surface area contributed by atoms with Crippen LogP contribution in [0.5, 0.6) is 0 Å². The molecule has 1 unspecified atom stereocenters. The second-order valence-corrected chi connectivity index (χ2v) is 8.36. The lowest BCUT2D eigenvalue weighted by atomic mass is 9.83.